The predicted molar refractivity (Wildman–Crippen MR) is 153 cm³/mol. The standard InChI is InChI=1S/C32H41F2N5O/c1-19-17-38(12-10-36-19)31(35)39(29-14-23-13-27(20(29)2)32(23,3)4)25-8-6-22-18-37(30(40)26(22)16-25)11-9-21-5-7-24(33)15-28(21)34/h5-8,15-16,19-20,23,27,29,35-36H,9-14,17-18H2,1-4H3/t19-,20+,23-,27-,29-/m0/s1. The van der Waals surface area contributed by atoms with E-state index in [2.05, 4.69) is 48.9 Å². The minimum absolute atomic E-state index is 0.0673. The first-order valence-electron chi connectivity index (χ1n) is 14.8. The van der Waals surface area contributed by atoms with E-state index in [1.165, 1.54) is 18.6 Å². The predicted octanol–water partition coefficient (Wildman–Crippen LogP) is 5.27. The number of hydrogen-bond donors (Lipinski definition) is 2. The van der Waals surface area contributed by atoms with Crippen LogP contribution in [0, 0.1) is 40.2 Å². The highest BCUT2D eigenvalue weighted by molar-refractivity contribution is 6.01. The molecule has 2 heterocycles. The molecule has 1 saturated heterocycles. The summed E-state index contributed by atoms with van der Waals surface area (Å²) in [5.74, 6) is 0.997. The summed E-state index contributed by atoms with van der Waals surface area (Å²) < 4.78 is 27.5. The van der Waals surface area contributed by atoms with Gasteiger partial charge in [0.2, 0.25) is 0 Å². The van der Waals surface area contributed by atoms with E-state index in [1.54, 1.807) is 4.90 Å². The maximum Gasteiger partial charge on any atom is 0.254 e. The lowest BCUT2D eigenvalue weighted by atomic mass is 9.44. The van der Waals surface area contributed by atoms with Gasteiger partial charge in [-0.25, -0.2) is 8.78 Å². The lowest BCUT2D eigenvalue weighted by Crippen LogP contribution is -2.64. The summed E-state index contributed by atoms with van der Waals surface area (Å²) in [6.45, 7) is 12.6. The van der Waals surface area contributed by atoms with Gasteiger partial charge in [-0.15, -0.1) is 0 Å². The van der Waals surface area contributed by atoms with Crippen LogP contribution in [-0.2, 0) is 13.0 Å². The second kappa shape index (κ2) is 10.1. The molecule has 2 aromatic rings. The first kappa shape index (κ1) is 27.2. The Balaban J connectivity index is 1.26. The smallest absolute Gasteiger partial charge is 0.254 e. The molecular weight excluding hydrogens is 508 g/mol. The number of halogens is 2. The number of hydrogen-bond acceptors (Lipinski definition) is 3. The summed E-state index contributed by atoms with van der Waals surface area (Å²) in [5.41, 5.74) is 3.27. The first-order chi connectivity index (χ1) is 19.0. The lowest BCUT2D eigenvalue weighted by Gasteiger charge is -2.63. The number of nitrogens with one attached hydrogen (secondary N) is 2. The molecule has 214 valence electrons. The molecule has 5 aliphatic rings. The summed E-state index contributed by atoms with van der Waals surface area (Å²) in [7, 11) is 0. The van der Waals surface area contributed by atoms with Gasteiger partial charge in [-0.2, -0.15) is 0 Å². The zero-order valence-corrected chi connectivity index (χ0v) is 24.0. The van der Waals surface area contributed by atoms with Crippen LogP contribution in [0.2, 0.25) is 0 Å². The Kier molecular flexibility index (Phi) is 6.88. The van der Waals surface area contributed by atoms with Gasteiger partial charge in [0.25, 0.3) is 5.91 Å². The third-order valence-corrected chi connectivity index (χ3v) is 10.5. The summed E-state index contributed by atoms with van der Waals surface area (Å²) >= 11 is 0. The number of rotatable bonds is 5. The van der Waals surface area contributed by atoms with Crippen LogP contribution in [0.4, 0.5) is 14.5 Å². The highest BCUT2D eigenvalue weighted by atomic mass is 19.1. The van der Waals surface area contributed by atoms with Gasteiger partial charge in [-0.1, -0.05) is 32.9 Å². The Labute approximate surface area is 236 Å². The van der Waals surface area contributed by atoms with Crippen molar-refractivity contribution in [2.45, 2.75) is 65.6 Å². The summed E-state index contributed by atoms with van der Waals surface area (Å²) in [6, 6.07) is 10.2. The number of benzene rings is 2. The summed E-state index contributed by atoms with van der Waals surface area (Å²) in [4.78, 5) is 19.7. The van der Waals surface area contributed by atoms with Gasteiger partial charge in [-0.05, 0) is 78.7 Å². The molecule has 8 heteroatoms. The van der Waals surface area contributed by atoms with Crippen molar-refractivity contribution in [2.75, 3.05) is 31.1 Å². The second-order valence-electron chi connectivity index (χ2n) is 13.1. The molecule has 0 radical (unpaired) electrons. The highest BCUT2D eigenvalue weighted by Crippen LogP contribution is 2.62. The molecule has 0 spiro atoms. The highest BCUT2D eigenvalue weighted by Gasteiger charge is 2.57. The third-order valence-electron chi connectivity index (χ3n) is 10.5. The number of nitrogens with zero attached hydrogens (tertiary/aromatic N) is 3. The number of guanidine groups is 1. The monoisotopic (exact) mass is 549 g/mol. The number of carbonyl (C=O) groups is 1. The van der Waals surface area contributed by atoms with Gasteiger partial charge in [0.1, 0.15) is 11.6 Å². The van der Waals surface area contributed by atoms with E-state index in [4.69, 9.17) is 0 Å². The number of anilines is 1. The van der Waals surface area contributed by atoms with Crippen LogP contribution < -0.4 is 10.2 Å². The van der Waals surface area contributed by atoms with Gasteiger partial charge < -0.3 is 20.0 Å². The number of carbonyl (C=O) groups excluding carboxylic acids is 1. The quantitative estimate of drug-likeness (QED) is 0.394. The van der Waals surface area contributed by atoms with Gasteiger partial charge in [0.05, 0.1) is 0 Å². The van der Waals surface area contributed by atoms with E-state index in [0.717, 1.165) is 43.4 Å². The van der Waals surface area contributed by atoms with Gasteiger partial charge in [0.15, 0.2) is 5.96 Å². The molecule has 40 heavy (non-hydrogen) atoms. The fourth-order valence-corrected chi connectivity index (χ4v) is 7.87. The number of fused-ring (bicyclic) bond motifs is 3. The maximum atomic E-state index is 14.2. The third kappa shape index (κ3) is 4.58. The first-order valence-corrected chi connectivity index (χ1v) is 14.8. The summed E-state index contributed by atoms with van der Waals surface area (Å²) in [5, 5.41) is 12.9. The van der Waals surface area contributed by atoms with Crippen molar-refractivity contribution < 1.29 is 13.6 Å². The van der Waals surface area contributed by atoms with E-state index in [0.29, 0.717) is 65.8 Å². The van der Waals surface area contributed by atoms with Crippen molar-refractivity contribution in [3.05, 3.63) is 64.7 Å². The average Bonchev–Trinajstić information content (AvgIpc) is 3.23. The molecule has 2 aromatic carbocycles. The molecule has 4 fully saturated rings. The van der Waals surface area contributed by atoms with Crippen molar-refractivity contribution in [2.24, 2.45) is 23.2 Å². The van der Waals surface area contributed by atoms with Crippen molar-refractivity contribution in [3.8, 4) is 0 Å². The molecule has 2 N–H and O–H groups in total. The van der Waals surface area contributed by atoms with Crippen molar-refractivity contribution in [3.63, 3.8) is 0 Å². The maximum absolute atomic E-state index is 14.2. The van der Waals surface area contributed by atoms with E-state index >= 15 is 0 Å². The van der Waals surface area contributed by atoms with E-state index in [-0.39, 0.29) is 11.9 Å². The van der Waals surface area contributed by atoms with Crippen molar-refractivity contribution in [1.29, 1.82) is 5.41 Å². The van der Waals surface area contributed by atoms with Crippen LogP contribution in [0.5, 0.6) is 0 Å². The van der Waals surface area contributed by atoms with Gasteiger partial charge >= 0.3 is 0 Å². The Morgan fingerprint density at radius 1 is 1.15 bits per heavy atom. The SMILES string of the molecule is C[C@H]1[C@@H](N(C(=N)N2CCN[C@@H](C)C2)c2ccc3c(c2)C(=O)N(CCc2ccc(F)cc2F)C3)C[C@@H]2C[C@@H]1C2(C)C. The Bertz CT molecular complexity index is 1330. The number of piperazine rings is 1. The van der Waals surface area contributed by atoms with Crippen LogP contribution in [0.1, 0.15) is 62.0 Å². The molecule has 5 atom stereocenters. The number of amides is 1. The zero-order valence-electron chi connectivity index (χ0n) is 24.0. The molecular formula is C32H41F2N5O. The van der Waals surface area contributed by atoms with E-state index < -0.39 is 11.6 Å². The van der Waals surface area contributed by atoms with Crippen LogP contribution in [0.3, 0.4) is 0 Å². The largest absolute Gasteiger partial charge is 0.340 e. The average molecular weight is 550 g/mol. The molecule has 0 aromatic heterocycles. The molecule has 2 bridgehead atoms. The van der Waals surface area contributed by atoms with Crippen LogP contribution >= 0.6 is 0 Å². The normalized spacial score (nSPS) is 28.8. The van der Waals surface area contributed by atoms with Crippen LogP contribution in [0.25, 0.3) is 0 Å². The topological polar surface area (TPSA) is 62.7 Å². The fraction of sp³-hybridized carbons (Fsp3) is 0.562. The van der Waals surface area contributed by atoms with Crippen LogP contribution in [0.15, 0.2) is 36.4 Å². The second-order valence-corrected chi connectivity index (χ2v) is 13.1. The molecule has 0 unspecified atom stereocenters. The minimum Gasteiger partial charge on any atom is -0.340 e. The summed E-state index contributed by atoms with van der Waals surface area (Å²) in [6.07, 6.45) is 2.65. The Morgan fingerprint density at radius 3 is 2.65 bits per heavy atom. The minimum atomic E-state index is -0.600. The van der Waals surface area contributed by atoms with E-state index in [9.17, 15) is 19.0 Å². The molecule has 3 aliphatic carbocycles. The fourth-order valence-electron chi connectivity index (χ4n) is 7.87. The van der Waals surface area contributed by atoms with Crippen molar-refractivity contribution in [1.82, 2.24) is 15.1 Å². The van der Waals surface area contributed by atoms with E-state index in [1.807, 2.05) is 12.1 Å². The van der Waals surface area contributed by atoms with Gasteiger partial charge in [0, 0.05) is 62.1 Å². The Morgan fingerprint density at radius 2 is 1.95 bits per heavy atom. The molecule has 7 rings (SSSR count). The van der Waals surface area contributed by atoms with Gasteiger partial charge in [-0.3, -0.25) is 10.2 Å². The molecule has 3 saturated carbocycles. The lowest BCUT2D eigenvalue weighted by molar-refractivity contribution is -0.108. The molecule has 2 aliphatic heterocycles. The van der Waals surface area contributed by atoms with Crippen LogP contribution in [-0.4, -0.2) is 59.9 Å². The molecule has 6 nitrogen and oxygen atoms in total. The van der Waals surface area contributed by atoms with Crippen molar-refractivity contribution >= 4 is 17.6 Å². The molecule has 1 amide bonds. The zero-order chi connectivity index (χ0) is 28.3. The Hall–Kier alpha value is -3.00.